The molecule has 0 aliphatic carbocycles. The number of hydrogen-bond acceptors (Lipinski definition) is 22. The summed E-state index contributed by atoms with van der Waals surface area (Å²) in [4.78, 5) is 74.8. The van der Waals surface area contributed by atoms with Crippen molar-refractivity contribution in [3.8, 4) is 0 Å². The van der Waals surface area contributed by atoms with Crippen molar-refractivity contribution in [3.05, 3.63) is 0 Å². The molecular weight excluding hydrogens is 838 g/mol. The number of carbonyl (C=O) groups excluding carboxylic acids is 3. The number of carboxylic acids is 3. The van der Waals surface area contributed by atoms with Crippen LogP contribution in [0.3, 0.4) is 0 Å². The highest BCUT2D eigenvalue weighted by atomic mass is 16.8. The highest BCUT2D eigenvalue weighted by molar-refractivity contribution is 5.78. The summed E-state index contributed by atoms with van der Waals surface area (Å²) in [6.07, 6.45) is -30.6. The molecule has 28 nitrogen and oxygen atoms in total. The zero-order valence-corrected chi connectivity index (χ0v) is 32.7. The molecule has 3 heterocycles. The number of carboxylic acid groups (broad SMARTS) is 3. The molecule has 0 radical (unpaired) electrons. The number of aliphatic hydroxyl groups excluding tert-OH is 10. The van der Waals surface area contributed by atoms with Gasteiger partial charge in [0, 0.05) is 40.0 Å². The third-order valence-corrected chi connectivity index (χ3v) is 10.2. The van der Waals surface area contributed by atoms with E-state index in [0.717, 1.165) is 20.8 Å². The van der Waals surface area contributed by atoms with E-state index in [1.165, 1.54) is 0 Å². The SMILES string of the molecule is CC(=O)N[C@H]1[C@H]([C@H](O)[C@H](O)CO)OC(O)(C(=O)O)C[C@@H]1O[C@]1(C(=O)O)C[C@H](O)[C@@H](NC(C)=O)[C@H]([C@H](O)[C@@H](CO)O[C@]2(C(=O)O)C[C@H](O)[C@@H](NC(C)=O)[C@H]([C@H](O)[C@H](O)CO)O2)O1. The minimum absolute atomic E-state index is 0.844. The maximum absolute atomic E-state index is 13.2. The molecular formula is C33H53N3O25. The van der Waals surface area contributed by atoms with Crippen LogP contribution < -0.4 is 16.0 Å². The van der Waals surface area contributed by atoms with Crippen LogP contribution in [0.5, 0.6) is 0 Å². The van der Waals surface area contributed by atoms with Crippen molar-refractivity contribution in [2.24, 2.45) is 0 Å². The van der Waals surface area contributed by atoms with E-state index in [9.17, 15) is 100 Å². The number of rotatable bonds is 19. The molecule has 61 heavy (non-hydrogen) atoms. The molecule has 3 amide bonds. The molecule has 0 aromatic heterocycles. The van der Waals surface area contributed by atoms with Gasteiger partial charge in [-0.3, -0.25) is 14.4 Å². The van der Waals surface area contributed by atoms with Crippen LogP contribution in [0.1, 0.15) is 40.0 Å². The fraction of sp³-hybridized carbons (Fsp3) is 0.818. The van der Waals surface area contributed by atoms with E-state index in [1.54, 1.807) is 0 Å². The topological polar surface area (TPSA) is 468 Å². The number of aliphatic carboxylic acids is 3. The summed E-state index contributed by atoms with van der Waals surface area (Å²) in [6, 6.07) is -5.52. The Bertz CT molecular complexity index is 1590. The van der Waals surface area contributed by atoms with Crippen LogP contribution in [0.25, 0.3) is 0 Å². The summed E-state index contributed by atoms with van der Waals surface area (Å²) < 4.78 is 27.7. The van der Waals surface area contributed by atoms with Crippen molar-refractivity contribution in [2.75, 3.05) is 19.8 Å². The van der Waals surface area contributed by atoms with Crippen LogP contribution in [-0.2, 0) is 52.5 Å². The van der Waals surface area contributed by atoms with Gasteiger partial charge in [-0.2, -0.15) is 0 Å². The molecule has 3 aliphatic rings. The Labute approximate surface area is 344 Å². The Morgan fingerprint density at radius 2 is 0.984 bits per heavy atom. The fourth-order valence-corrected chi connectivity index (χ4v) is 7.32. The molecule has 28 heteroatoms. The van der Waals surface area contributed by atoms with E-state index in [2.05, 4.69) is 16.0 Å². The van der Waals surface area contributed by atoms with Crippen LogP contribution in [-0.4, -0.2) is 236 Å². The molecule has 0 saturated carbocycles. The van der Waals surface area contributed by atoms with Crippen LogP contribution in [0.4, 0.5) is 0 Å². The van der Waals surface area contributed by atoms with Gasteiger partial charge in [-0.05, 0) is 0 Å². The number of ether oxygens (including phenoxy) is 5. The van der Waals surface area contributed by atoms with Crippen molar-refractivity contribution in [2.45, 2.75) is 149 Å². The maximum atomic E-state index is 13.2. The van der Waals surface area contributed by atoms with E-state index < -0.39 is 183 Å². The van der Waals surface area contributed by atoms with Gasteiger partial charge in [0.1, 0.15) is 54.9 Å². The largest absolute Gasteiger partial charge is 0.477 e. The molecule has 3 aliphatic heterocycles. The summed E-state index contributed by atoms with van der Waals surface area (Å²) in [7, 11) is 0. The third-order valence-electron chi connectivity index (χ3n) is 10.2. The van der Waals surface area contributed by atoms with Crippen molar-refractivity contribution < 1.29 is 124 Å². The van der Waals surface area contributed by atoms with Gasteiger partial charge >= 0.3 is 17.9 Å². The van der Waals surface area contributed by atoms with Gasteiger partial charge in [-0.25, -0.2) is 14.4 Å². The quantitative estimate of drug-likeness (QED) is 0.0572. The Kier molecular flexibility index (Phi) is 17.4. The zero-order chi connectivity index (χ0) is 46.5. The van der Waals surface area contributed by atoms with Crippen LogP contribution in [0.15, 0.2) is 0 Å². The van der Waals surface area contributed by atoms with E-state index in [4.69, 9.17) is 23.7 Å². The molecule has 18 atom stereocenters. The lowest BCUT2D eigenvalue weighted by atomic mass is 9.86. The highest BCUT2D eigenvalue weighted by Crippen LogP contribution is 2.41. The molecule has 3 saturated heterocycles. The van der Waals surface area contributed by atoms with E-state index in [0.29, 0.717) is 0 Å². The van der Waals surface area contributed by atoms with Crippen LogP contribution in [0.2, 0.25) is 0 Å². The van der Waals surface area contributed by atoms with E-state index in [1.807, 2.05) is 0 Å². The van der Waals surface area contributed by atoms with E-state index in [-0.39, 0.29) is 0 Å². The Morgan fingerprint density at radius 3 is 1.38 bits per heavy atom. The average Bonchev–Trinajstić information content (AvgIpc) is 3.17. The van der Waals surface area contributed by atoms with Gasteiger partial charge in [0.2, 0.25) is 17.7 Å². The lowest BCUT2D eigenvalue weighted by Gasteiger charge is -2.51. The Balaban J connectivity index is 2.16. The summed E-state index contributed by atoms with van der Waals surface area (Å²) in [5, 5.41) is 154. The van der Waals surface area contributed by atoms with Crippen molar-refractivity contribution in [3.63, 3.8) is 0 Å². The molecule has 3 fully saturated rings. The first-order chi connectivity index (χ1) is 28.2. The van der Waals surface area contributed by atoms with Crippen LogP contribution >= 0.6 is 0 Å². The van der Waals surface area contributed by atoms with Gasteiger partial charge in [0.05, 0.1) is 56.3 Å². The van der Waals surface area contributed by atoms with Gasteiger partial charge < -0.3 is 111 Å². The lowest BCUT2D eigenvalue weighted by Crippen LogP contribution is -2.72. The maximum Gasteiger partial charge on any atom is 0.364 e. The van der Waals surface area contributed by atoms with Gasteiger partial charge in [0.15, 0.2) is 0 Å². The first-order valence-electron chi connectivity index (χ1n) is 18.5. The van der Waals surface area contributed by atoms with Gasteiger partial charge in [0.25, 0.3) is 17.4 Å². The Morgan fingerprint density at radius 1 is 0.590 bits per heavy atom. The molecule has 0 spiro atoms. The molecule has 17 N–H and O–H groups in total. The normalized spacial score (nSPS) is 37.2. The van der Waals surface area contributed by atoms with Gasteiger partial charge in [-0.15, -0.1) is 0 Å². The van der Waals surface area contributed by atoms with Crippen molar-refractivity contribution >= 4 is 35.6 Å². The second-order valence-electron chi connectivity index (χ2n) is 14.8. The van der Waals surface area contributed by atoms with Crippen molar-refractivity contribution in [1.29, 1.82) is 0 Å². The smallest absolute Gasteiger partial charge is 0.364 e. The fourth-order valence-electron chi connectivity index (χ4n) is 7.32. The molecule has 350 valence electrons. The van der Waals surface area contributed by atoms with E-state index >= 15 is 0 Å². The minimum Gasteiger partial charge on any atom is -0.477 e. The van der Waals surface area contributed by atoms with Crippen LogP contribution in [0, 0.1) is 0 Å². The third kappa shape index (κ3) is 11.4. The highest BCUT2D eigenvalue weighted by Gasteiger charge is 2.63. The lowest BCUT2D eigenvalue weighted by molar-refractivity contribution is -0.361. The standard InChI is InChI=1S/C33H53N3O25/c1-10(40)34-19-13(43)5-33(30(54)55,60-25(19)22(47)15(45)7-37)58-18(9-39)24(49)26-20(35-11(2)41)14(44)4-32(61-26,29(52)53)57-17-6-31(56,28(50)51)59-27(21(17)36-12(3)42)23(48)16(46)8-38/h13-27,37-39,43-49,56H,4-9H2,1-3H3,(H,34,40)(H,35,41)(H,36,42)(H,50,51)(H,52,53)(H,54,55)/t13-,14-,15+,16+,17-,18+,19+,20+,21+,22+,23+,24+,25+,26+,27+,31?,32+,33+/m0/s1. The number of carbonyl (C=O) groups is 6. The first-order valence-corrected chi connectivity index (χ1v) is 18.5. The number of hydrogen-bond donors (Lipinski definition) is 17. The van der Waals surface area contributed by atoms with Crippen molar-refractivity contribution in [1.82, 2.24) is 16.0 Å². The monoisotopic (exact) mass is 891 g/mol. The molecule has 0 bridgehead atoms. The first kappa shape index (κ1) is 51.5. The predicted octanol–water partition coefficient (Wildman–Crippen LogP) is -9.52. The van der Waals surface area contributed by atoms with Gasteiger partial charge in [-0.1, -0.05) is 0 Å². The number of nitrogens with one attached hydrogen (secondary N) is 3. The average molecular weight is 892 g/mol. The molecule has 1 unspecified atom stereocenters. The minimum atomic E-state index is -3.39. The second kappa shape index (κ2) is 20.6. The summed E-state index contributed by atoms with van der Waals surface area (Å²) in [6.45, 7) is -1.03. The zero-order valence-electron chi connectivity index (χ0n) is 32.7. The summed E-state index contributed by atoms with van der Waals surface area (Å²) >= 11 is 0. The molecule has 0 aromatic rings. The summed E-state index contributed by atoms with van der Waals surface area (Å²) in [5.41, 5.74) is 0. The second-order valence-corrected chi connectivity index (χ2v) is 14.8. The predicted molar refractivity (Wildman–Crippen MR) is 188 cm³/mol. The molecule has 0 aromatic carbocycles. The number of aliphatic hydroxyl groups is 11. The Hall–Kier alpha value is -3.82. The summed E-state index contributed by atoms with van der Waals surface area (Å²) in [5.74, 6) is -19.2. The number of amides is 3. The molecule has 3 rings (SSSR count).